The summed E-state index contributed by atoms with van der Waals surface area (Å²) in [7, 11) is 0. The van der Waals surface area contributed by atoms with Crippen LogP contribution in [0.1, 0.15) is 96.8 Å². The lowest BCUT2D eigenvalue weighted by Gasteiger charge is -2.57. The largest absolute Gasteiger partial charge is 0.468 e. The van der Waals surface area contributed by atoms with Crippen LogP contribution in [-0.4, -0.2) is 6.71 Å². The van der Waals surface area contributed by atoms with Gasteiger partial charge in [-0.1, -0.05) is 96.1 Å². The lowest BCUT2D eigenvalue weighted by atomic mass is 9.35. The molecule has 2 aromatic heterocycles. The van der Waals surface area contributed by atoms with E-state index in [-0.39, 0.29) is 23.0 Å². The van der Waals surface area contributed by atoms with Crippen molar-refractivity contribution >= 4 is 79.6 Å². The van der Waals surface area contributed by atoms with E-state index in [2.05, 4.69) is 161 Å². The predicted molar refractivity (Wildman–Crippen MR) is 237 cm³/mol. The third-order valence-electron chi connectivity index (χ3n) is 14.7. The van der Waals surface area contributed by atoms with Gasteiger partial charge in [0.1, 0.15) is 11.2 Å². The Morgan fingerprint density at radius 1 is 0.561 bits per heavy atom. The number of hydrogen-bond acceptors (Lipinski definition) is 4. The normalized spacial score (nSPS) is 23.3. The van der Waals surface area contributed by atoms with Crippen molar-refractivity contribution in [2.75, 3.05) is 9.80 Å². The van der Waals surface area contributed by atoms with Gasteiger partial charge in [0.25, 0.3) is 0 Å². The Morgan fingerprint density at radius 2 is 1.05 bits per heavy atom. The van der Waals surface area contributed by atoms with E-state index in [0.717, 1.165) is 62.6 Å². The van der Waals surface area contributed by atoms with E-state index in [1.165, 1.54) is 83.2 Å². The van der Waals surface area contributed by atoms with Crippen LogP contribution >= 0.6 is 0 Å². The summed E-state index contributed by atoms with van der Waals surface area (Å²) in [6.45, 7) is 13.6. The Bertz CT molecular complexity index is 2720. The fraction of sp³-hybridized carbons (Fsp3) is 0.346. The van der Waals surface area contributed by atoms with Crippen molar-refractivity contribution in [2.45, 2.75) is 96.3 Å². The fourth-order valence-corrected chi connectivity index (χ4v) is 12.4. The van der Waals surface area contributed by atoms with Gasteiger partial charge in [-0.05, 0) is 149 Å². The van der Waals surface area contributed by atoms with Gasteiger partial charge in [-0.15, -0.1) is 0 Å². The summed E-state index contributed by atoms with van der Waals surface area (Å²) in [4.78, 5) is 5.04. The first kappa shape index (κ1) is 33.9. The van der Waals surface area contributed by atoms with Crippen molar-refractivity contribution < 1.29 is 8.83 Å². The number of para-hydroxylation sites is 2. The van der Waals surface area contributed by atoms with Crippen molar-refractivity contribution in [3.8, 4) is 0 Å². The molecule has 4 nitrogen and oxygen atoms in total. The maximum absolute atomic E-state index is 7.17. The van der Waals surface area contributed by atoms with Gasteiger partial charge < -0.3 is 13.7 Å². The average molecular weight is 747 g/mol. The quantitative estimate of drug-likeness (QED) is 0.169. The van der Waals surface area contributed by atoms with Crippen molar-refractivity contribution in [1.29, 1.82) is 0 Å². The average Bonchev–Trinajstić information content (AvgIpc) is 3.76. The highest BCUT2D eigenvalue weighted by molar-refractivity contribution is 7.01. The molecule has 7 aromatic rings. The summed E-state index contributed by atoms with van der Waals surface area (Å²) in [6.07, 6.45) is 8.17. The highest BCUT2D eigenvalue weighted by Crippen LogP contribution is 2.62. The van der Waals surface area contributed by atoms with Gasteiger partial charge >= 0.3 is 6.71 Å². The molecule has 4 heterocycles. The fourth-order valence-electron chi connectivity index (χ4n) is 12.4. The zero-order chi connectivity index (χ0) is 38.6. The van der Waals surface area contributed by atoms with E-state index in [1.807, 2.05) is 0 Å². The highest BCUT2D eigenvalue weighted by Gasteiger charge is 2.54. The number of rotatable bonds is 3. The van der Waals surface area contributed by atoms with Gasteiger partial charge in [0, 0.05) is 39.0 Å². The number of furan rings is 2. The molecule has 5 aromatic carbocycles. The minimum Gasteiger partial charge on any atom is -0.468 e. The molecule has 0 atom stereocenters. The molecule has 0 N–H and O–H groups in total. The van der Waals surface area contributed by atoms with Crippen LogP contribution in [0, 0.1) is 17.8 Å². The van der Waals surface area contributed by atoms with E-state index in [4.69, 9.17) is 8.83 Å². The number of nitrogens with zero attached hydrogens (tertiary/aromatic N) is 2. The zero-order valence-corrected chi connectivity index (χ0v) is 34.2. The van der Waals surface area contributed by atoms with Crippen LogP contribution in [0.5, 0.6) is 0 Å². The Hall–Kier alpha value is -5.16. The first-order valence-electron chi connectivity index (χ1n) is 21.5. The van der Waals surface area contributed by atoms with Crippen LogP contribution < -0.4 is 26.4 Å². The van der Waals surface area contributed by atoms with Crippen LogP contribution in [0.25, 0.3) is 21.9 Å². The molecule has 6 aliphatic rings. The van der Waals surface area contributed by atoms with Crippen molar-refractivity contribution in [3.05, 3.63) is 126 Å². The van der Waals surface area contributed by atoms with Crippen LogP contribution in [0.3, 0.4) is 0 Å². The smallest absolute Gasteiger partial charge is 0.302 e. The Kier molecular flexibility index (Phi) is 6.84. The molecule has 4 fully saturated rings. The van der Waals surface area contributed by atoms with Gasteiger partial charge in [-0.25, -0.2) is 0 Å². The second-order valence-corrected chi connectivity index (χ2v) is 20.5. The molecule has 0 spiro atoms. The molecule has 57 heavy (non-hydrogen) atoms. The zero-order valence-electron chi connectivity index (χ0n) is 34.2. The lowest BCUT2D eigenvalue weighted by molar-refractivity contribution is -0.00514. The summed E-state index contributed by atoms with van der Waals surface area (Å²) < 4.78 is 14.3. The Balaban J connectivity index is 1.19. The van der Waals surface area contributed by atoms with Gasteiger partial charge in [0.15, 0.2) is 0 Å². The number of benzene rings is 5. The Labute approximate surface area is 336 Å². The molecule has 0 unspecified atom stereocenters. The van der Waals surface area contributed by atoms with E-state index in [9.17, 15) is 0 Å². The summed E-state index contributed by atoms with van der Waals surface area (Å²) in [5.41, 5.74) is 15.7. The van der Waals surface area contributed by atoms with Crippen LogP contribution in [0.15, 0.2) is 118 Å². The first-order valence-corrected chi connectivity index (χ1v) is 21.5. The van der Waals surface area contributed by atoms with Crippen LogP contribution in [0.2, 0.25) is 0 Å². The second kappa shape index (κ2) is 11.5. The standard InChI is InChI=1S/C52H51BN2O2/c1-50(2,3)34-15-19-37(20-16-34)54-41-26-36(52-28-31-23-32(29-52)25-33(24-31)30-52)27-42-46(41)53(48-47(54)40-12-8-10-14-44(40)56-48)45-39-11-7-9-13-43(39)57-49(45)55(42)38-21-17-35(18-22-38)51(4,5)6/h7-22,26-27,31-33H,23-25,28-30H2,1-6H3. The summed E-state index contributed by atoms with van der Waals surface area (Å²) in [5, 5.41) is 2.29. The monoisotopic (exact) mass is 746 g/mol. The molecule has 0 saturated heterocycles. The Morgan fingerprint density at radius 3 is 1.61 bits per heavy atom. The van der Waals surface area contributed by atoms with Crippen molar-refractivity contribution in [2.24, 2.45) is 17.8 Å². The first-order chi connectivity index (χ1) is 27.4. The predicted octanol–water partition coefficient (Wildman–Crippen LogP) is 12.3. The number of anilines is 6. The van der Waals surface area contributed by atoms with E-state index < -0.39 is 0 Å². The SMILES string of the molecule is CC(C)(C)c1ccc(N2c3cc(C45CC6CC(CC(C6)C4)C5)cc4c3B(c3oc5ccccc5c3N4c3ccc(C(C)(C)C)cc3)c3c2oc2ccccc32)cc1. The highest BCUT2D eigenvalue weighted by atomic mass is 16.4. The molecule has 4 bridgehead atoms. The molecule has 2 aliphatic heterocycles. The van der Waals surface area contributed by atoms with E-state index in [1.54, 1.807) is 0 Å². The van der Waals surface area contributed by atoms with Gasteiger partial charge in [0.05, 0.1) is 11.3 Å². The number of fused-ring (bicyclic) bond motifs is 8. The minimum atomic E-state index is -0.142. The summed E-state index contributed by atoms with van der Waals surface area (Å²) in [6, 6.07) is 41.2. The summed E-state index contributed by atoms with van der Waals surface area (Å²) in [5.74, 6) is 3.42. The molecule has 0 radical (unpaired) electrons. The topological polar surface area (TPSA) is 32.8 Å². The van der Waals surface area contributed by atoms with Crippen molar-refractivity contribution in [3.63, 3.8) is 0 Å². The van der Waals surface area contributed by atoms with Crippen LogP contribution in [0.4, 0.5) is 34.3 Å². The van der Waals surface area contributed by atoms with E-state index in [0.29, 0.717) is 0 Å². The van der Waals surface area contributed by atoms with Crippen molar-refractivity contribution in [1.82, 2.24) is 0 Å². The van der Waals surface area contributed by atoms with Gasteiger partial charge in [-0.2, -0.15) is 0 Å². The van der Waals surface area contributed by atoms with Gasteiger partial charge in [-0.3, -0.25) is 4.90 Å². The van der Waals surface area contributed by atoms with Gasteiger partial charge in [0.2, 0.25) is 5.88 Å². The maximum Gasteiger partial charge on any atom is 0.302 e. The third-order valence-corrected chi connectivity index (χ3v) is 14.7. The molecule has 4 saturated carbocycles. The molecule has 0 amide bonds. The minimum absolute atomic E-state index is 0.0500. The number of hydrogen-bond donors (Lipinski definition) is 0. The van der Waals surface area contributed by atoms with E-state index >= 15 is 0 Å². The molecule has 13 rings (SSSR count). The molecule has 4 aliphatic carbocycles. The molecule has 284 valence electrons. The summed E-state index contributed by atoms with van der Waals surface area (Å²) >= 11 is 0. The lowest BCUT2D eigenvalue weighted by Crippen LogP contribution is -2.61. The van der Waals surface area contributed by atoms with Crippen LogP contribution in [-0.2, 0) is 16.2 Å². The third kappa shape index (κ3) is 4.87. The second-order valence-electron chi connectivity index (χ2n) is 20.5. The molecule has 5 heteroatoms. The molecular formula is C52H51BN2O2. The molecular weight excluding hydrogens is 695 g/mol. The maximum atomic E-state index is 7.17.